The Kier molecular flexibility index (Phi) is 5.19. The summed E-state index contributed by atoms with van der Waals surface area (Å²) in [5.74, 6) is 1.92. The fraction of sp³-hybridized carbons (Fsp3) is 0.263. The van der Waals surface area contributed by atoms with Gasteiger partial charge in [0.1, 0.15) is 17.2 Å². The van der Waals surface area contributed by atoms with E-state index in [1.807, 2.05) is 56.5 Å². The van der Waals surface area contributed by atoms with Crippen molar-refractivity contribution in [2.45, 2.75) is 27.3 Å². The van der Waals surface area contributed by atoms with Crippen molar-refractivity contribution in [3.63, 3.8) is 0 Å². The van der Waals surface area contributed by atoms with E-state index in [1.165, 1.54) is 5.56 Å². The van der Waals surface area contributed by atoms with Crippen molar-refractivity contribution >= 4 is 17.2 Å². The summed E-state index contributed by atoms with van der Waals surface area (Å²) in [4.78, 5) is 16.3. The van der Waals surface area contributed by atoms with Gasteiger partial charge in [-0.1, -0.05) is 17.7 Å². The third kappa shape index (κ3) is 4.48. The Morgan fingerprint density at radius 1 is 1.24 bits per heavy atom. The summed E-state index contributed by atoms with van der Waals surface area (Å²) in [5.41, 5.74) is 3.00. The number of rotatable bonds is 6. The number of carbonyl (C=O) groups excluding carboxylic acids is 1. The number of hydrogen-bond donors (Lipinski definition) is 1. The Morgan fingerprint density at radius 3 is 2.80 bits per heavy atom. The van der Waals surface area contributed by atoms with Crippen LogP contribution in [-0.4, -0.2) is 17.5 Å². The summed E-state index contributed by atoms with van der Waals surface area (Å²) in [6, 6.07) is 9.58. The van der Waals surface area contributed by atoms with Gasteiger partial charge >= 0.3 is 0 Å². The summed E-state index contributed by atoms with van der Waals surface area (Å²) in [5, 5.41) is 5.74. The average Bonchev–Trinajstić information content (AvgIpc) is 3.21. The van der Waals surface area contributed by atoms with Gasteiger partial charge in [0.05, 0.1) is 11.6 Å². The number of carbonyl (C=O) groups is 1. The third-order valence-electron chi connectivity index (χ3n) is 3.68. The Morgan fingerprint density at radius 2 is 2.08 bits per heavy atom. The van der Waals surface area contributed by atoms with Gasteiger partial charge in [-0.25, -0.2) is 4.98 Å². The molecule has 0 radical (unpaired) electrons. The van der Waals surface area contributed by atoms with Crippen LogP contribution in [0.25, 0.3) is 11.5 Å². The maximum absolute atomic E-state index is 12.0. The maximum Gasteiger partial charge on any atom is 0.258 e. The van der Waals surface area contributed by atoms with Crippen LogP contribution < -0.4 is 10.1 Å². The van der Waals surface area contributed by atoms with E-state index in [9.17, 15) is 4.79 Å². The number of benzene rings is 1. The molecule has 0 fully saturated rings. The second-order valence-electron chi connectivity index (χ2n) is 5.85. The van der Waals surface area contributed by atoms with Gasteiger partial charge in [0, 0.05) is 5.38 Å². The molecule has 0 saturated heterocycles. The lowest BCUT2D eigenvalue weighted by Gasteiger charge is -2.09. The van der Waals surface area contributed by atoms with E-state index < -0.39 is 0 Å². The molecule has 3 rings (SSSR count). The molecule has 0 atom stereocenters. The molecule has 25 heavy (non-hydrogen) atoms. The first-order valence-electron chi connectivity index (χ1n) is 7.99. The number of nitrogens with one attached hydrogen (secondary N) is 1. The zero-order valence-corrected chi connectivity index (χ0v) is 15.3. The van der Waals surface area contributed by atoms with Gasteiger partial charge in [0.15, 0.2) is 12.4 Å². The lowest BCUT2D eigenvalue weighted by molar-refractivity contribution is -0.123. The Balaban J connectivity index is 1.50. The van der Waals surface area contributed by atoms with E-state index in [2.05, 4.69) is 10.3 Å². The van der Waals surface area contributed by atoms with Crippen molar-refractivity contribution in [3.8, 4) is 17.2 Å². The monoisotopic (exact) mass is 356 g/mol. The number of ether oxygens (including phenoxy) is 1. The van der Waals surface area contributed by atoms with Gasteiger partial charge in [-0.15, -0.1) is 11.3 Å². The van der Waals surface area contributed by atoms with Crippen LogP contribution in [0.3, 0.4) is 0 Å². The minimum absolute atomic E-state index is 0.0251. The van der Waals surface area contributed by atoms with Crippen molar-refractivity contribution in [3.05, 3.63) is 57.6 Å². The molecule has 0 aliphatic rings. The first kappa shape index (κ1) is 17.2. The number of nitrogens with zero attached hydrogens (tertiary/aromatic N) is 1. The SMILES string of the molecule is Cc1ccc(OCC(=O)NCc2ccc(-c3csc(C)n3)o2)c(C)c1. The van der Waals surface area contributed by atoms with Crippen molar-refractivity contribution in [1.82, 2.24) is 10.3 Å². The molecule has 2 aromatic heterocycles. The Bertz CT molecular complexity index is 882. The standard InChI is InChI=1S/C19H20N2O3S/c1-12-4-6-17(13(2)8-12)23-10-19(22)20-9-15-5-7-18(24-15)16-11-25-14(3)21-16/h4-8,11H,9-10H2,1-3H3,(H,20,22). The highest BCUT2D eigenvalue weighted by Crippen LogP contribution is 2.23. The topological polar surface area (TPSA) is 64.4 Å². The Labute approximate surface area is 150 Å². The van der Waals surface area contributed by atoms with Crippen molar-refractivity contribution in [2.24, 2.45) is 0 Å². The molecule has 130 valence electrons. The van der Waals surface area contributed by atoms with Crippen LogP contribution in [0.2, 0.25) is 0 Å². The van der Waals surface area contributed by atoms with Crippen LogP contribution >= 0.6 is 11.3 Å². The average molecular weight is 356 g/mol. The van der Waals surface area contributed by atoms with Crippen LogP contribution in [0.5, 0.6) is 5.75 Å². The molecule has 0 aliphatic heterocycles. The molecule has 2 heterocycles. The summed E-state index contributed by atoms with van der Waals surface area (Å²) in [7, 11) is 0. The first-order valence-corrected chi connectivity index (χ1v) is 8.87. The number of aryl methyl sites for hydroxylation is 3. The molecule has 0 bridgehead atoms. The summed E-state index contributed by atoms with van der Waals surface area (Å²) in [6.45, 7) is 6.23. The second kappa shape index (κ2) is 7.53. The molecule has 1 amide bonds. The molecular weight excluding hydrogens is 336 g/mol. The molecule has 0 aliphatic carbocycles. The number of thiazole rings is 1. The lowest BCUT2D eigenvalue weighted by atomic mass is 10.1. The van der Waals surface area contributed by atoms with Crippen LogP contribution in [0, 0.1) is 20.8 Å². The van der Waals surface area contributed by atoms with Crippen LogP contribution in [-0.2, 0) is 11.3 Å². The highest BCUT2D eigenvalue weighted by Gasteiger charge is 2.10. The van der Waals surface area contributed by atoms with Crippen molar-refractivity contribution in [1.29, 1.82) is 0 Å². The van der Waals surface area contributed by atoms with E-state index in [0.717, 1.165) is 22.0 Å². The van der Waals surface area contributed by atoms with E-state index in [-0.39, 0.29) is 12.5 Å². The normalized spacial score (nSPS) is 10.7. The molecule has 3 aromatic rings. The smallest absolute Gasteiger partial charge is 0.258 e. The highest BCUT2D eigenvalue weighted by atomic mass is 32.1. The third-order valence-corrected chi connectivity index (χ3v) is 4.46. The van der Waals surface area contributed by atoms with Crippen molar-refractivity contribution < 1.29 is 13.9 Å². The maximum atomic E-state index is 12.0. The Hall–Kier alpha value is -2.60. The van der Waals surface area contributed by atoms with Gasteiger partial charge in [-0.3, -0.25) is 4.79 Å². The highest BCUT2D eigenvalue weighted by molar-refractivity contribution is 7.09. The summed E-state index contributed by atoms with van der Waals surface area (Å²) >= 11 is 1.58. The van der Waals surface area contributed by atoms with E-state index in [1.54, 1.807) is 11.3 Å². The van der Waals surface area contributed by atoms with Gasteiger partial charge in [-0.2, -0.15) is 0 Å². The predicted molar refractivity (Wildman–Crippen MR) is 97.8 cm³/mol. The van der Waals surface area contributed by atoms with E-state index in [4.69, 9.17) is 9.15 Å². The zero-order chi connectivity index (χ0) is 17.8. The van der Waals surface area contributed by atoms with Crippen LogP contribution in [0.4, 0.5) is 0 Å². The van der Waals surface area contributed by atoms with E-state index >= 15 is 0 Å². The quantitative estimate of drug-likeness (QED) is 0.724. The van der Waals surface area contributed by atoms with E-state index in [0.29, 0.717) is 18.1 Å². The molecule has 1 aromatic carbocycles. The van der Waals surface area contributed by atoms with Crippen LogP contribution in [0.15, 0.2) is 40.1 Å². The van der Waals surface area contributed by atoms with Gasteiger partial charge in [0.25, 0.3) is 5.91 Å². The molecule has 5 nitrogen and oxygen atoms in total. The molecule has 0 unspecified atom stereocenters. The summed E-state index contributed by atoms with van der Waals surface area (Å²) in [6.07, 6.45) is 0. The molecule has 6 heteroatoms. The first-order chi connectivity index (χ1) is 12.0. The zero-order valence-electron chi connectivity index (χ0n) is 14.5. The number of furan rings is 1. The minimum atomic E-state index is -0.192. The molecule has 0 spiro atoms. The largest absolute Gasteiger partial charge is 0.484 e. The molecule has 0 saturated carbocycles. The van der Waals surface area contributed by atoms with Crippen molar-refractivity contribution in [2.75, 3.05) is 6.61 Å². The lowest BCUT2D eigenvalue weighted by Crippen LogP contribution is -2.28. The fourth-order valence-corrected chi connectivity index (χ4v) is 3.03. The second-order valence-corrected chi connectivity index (χ2v) is 6.91. The number of aromatic nitrogens is 1. The fourth-order valence-electron chi connectivity index (χ4n) is 2.43. The number of amides is 1. The molecule has 1 N–H and O–H groups in total. The van der Waals surface area contributed by atoms with Gasteiger partial charge in [-0.05, 0) is 44.5 Å². The van der Waals surface area contributed by atoms with Gasteiger partial charge < -0.3 is 14.5 Å². The summed E-state index contributed by atoms with van der Waals surface area (Å²) < 4.78 is 11.3. The van der Waals surface area contributed by atoms with Gasteiger partial charge in [0.2, 0.25) is 0 Å². The minimum Gasteiger partial charge on any atom is -0.484 e. The van der Waals surface area contributed by atoms with Crippen LogP contribution in [0.1, 0.15) is 21.9 Å². The predicted octanol–water partition coefficient (Wildman–Crippen LogP) is 4.02. The number of hydrogen-bond acceptors (Lipinski definition) is 5. The molecular formula is C19H20N2O3S.